The van der Waals surface area contributed by atoms with Crippen molar-refractivity contribution in [1.82, 2.24) is 9.80 Å². The number of amides is 2. The third-order valence-corrected chi connectivity index (χ3v) is 5.61. The van der Waals surface area contributed by atoms with Gasteiger partial charge < -0.3 is 14.5 Å². The Balaban J connectivity index is 1.81. The number of nitrogens with zero attached hydrogens (tertiary/aromatic N) is 2. The number of carbonyl (C=O) groups is 2. The van der Waals surface area contributed by atoms with Gasteiger partial charge in [0.15, 0.2) is 0 Å². The highest BCUT2D eigenvalue weighted by Gasteiger charge is 2.45. The van der Waals surface area contributed by atoms with Gasteiger partial charge in [-0.3, -0.25) is 9.59 Å². The van der Waals surface area contributed by atoms with Crippen LogP contribution in [0.25, 0.3) is 0 Å². The van der Waals surface area contributed by atoms with E-state index in [1.165, 1.54) is 5.56 Å². The molecular formula is C24H30N2O3. The van der Waals surface area contributed by atoms with Crippen molar-refractivity contribution < 1.29 is 14.3 Å². The molecule has 1 fully saturated rings. The molecule has 2 aromatic carbocycles. The van der Waals surface area contributed by atoms with Crippen molar-refractivity contribution >= 4 is 11.8 Å². The summed E-state index contributed by atoms with van der Waals surface area (Å²) in [6.07, 6.45) is 3.11. The van der Waals surface area contributed by atoms with Gasteiger partial charge in [0, 0.05) is 19.9 Å². The van der Waals surface area contributed by atoms with E-state index in [0.717, 1.165) is 30.6 Å². The molecule has 2 atom stereocenters. The van der Waals surface area contributed by atoms with E-state index >= 15 is 0 Å². The Morgan fingerprint density at radius 3 is 2.34 bits per heavy atom. The van der Waals surface area contributed by atoms with Gasteiger partial charge in [0.05, 0.1) is 7.11 Å². The van der Waals surface area contributed by atoms with E-state index in [4.69, 9.17) is 4.74 Å². The number of likely N-dealkylation sites (N-methyl/N-ethyl adjacent to an activating group) is 1. The van der Waals surface area contributed by atoms with Crippen molar-refractivity contribution in [2.75, 3.05) is 14.2 Å². The van der Waals surface area contributed by atoms with Gasteiger partial charge in [-0.15, -0.1) is 0 Å². The monoisotopic (exact) mass is 394 g/mol. The van der Waals surface area contributed by atoms with Crippen LogP contribution in [0.5, 0.6) is 5.75 Å². The molecule has 0 radical (unpaired) electrons. The number of methoxy groups -OCH3 is 1. The van der Waals surface area contributed by atoms with Crippen LogP contribution in [0, 0.1) is 0 Å². The van der Waals surface area contributed by atoms with Crippen LogP contribution in [0.3, 0.4) is 0 Å². The number of rotatable bonds is 8. The highest BCUT2D eigenvalue weighted by Crippen LogP contribution is 2.28. The fraction of sp³-hybridized carbons (Fsp3) is 0.417. The predicted molar refractivity (Wildman–Crippen MR) is 114 cm³/mol. The fourth-order valence-corrected chi connectivity index (χ4v) is 4.02. The number of aryl methyl sites for hydroxylation is 1. The average molecular weight is 395 g/mol. The number of hydrogen-bond donors (Lipinski definition) is 0. The standard InChI is InChI=1S/C24H30N2O3/c1-4-8-23(27)26-21(17-19-11-14-20(29-3)15-12-19)24(28)25(2)22(26)16-13-18-9-6-5-7-10-18/h5-7,9-12,14-15,21-22H,4,8,13,16-17H2,1-3H3. The molecule has 5 nitrogen and oxygen atoms in total. The van der Waals surface area contributed by atoms with Crippen molar-refractivity contribution in [2.45, 2.75) is 51.2 Å². The van der Waals surface area contributed by atoms with Crippen LogP contribution in [-0.4, -0.2) is 48.0 Å². The largest absolute Gasteiger partial charge is 0.497 e. The molecule has 1 heterocycles. The molecule has 0 N–H and O–H groups in total. The average Bonchev–Trinajstić information content (AvgIpc) is 2.98. The summed E-state index contributed by atoms with van der Waals surface area (Å²) in [6, 6.07) is 17.5. The Labute approximate surface area is 173 Å². The lowest BCUT2D eigenvalue weighted by atomic mass is 10.0. The van der Waals surface area contributed by atoms with E-state index in [9.17, 15) is 9.59 Å². The zero-order chi connectivity index (χ0) is 20.8. The minimum absolute atomic E-state index is 0.0170. The van der Waals surface area contributed by atoms with Crippen LogP contribution in [0.4, 0.5) is 0 Å². The molecule has 0 bridgehead atoms. The van der Waals surface area contributed by atoms with E-state index < -0.39 is 6.04 Å². The molecule has 2 unspecified atom stereocenters. The van der Waals surface area contributed by atoms with Crippen LogP contribution in [0.15, 0.2) is 54.6 Å². The summed E-state index contributed by atoms with van der Waals surface area (Å²) >= 11 is 0. The number of hydrogen-bond acceptors (Lipinski definition) is 3. The predicted octanol–water partition coefficient (Wildman–Crippen LogP) is 3.67. The summed E-state index contributed by atoms with van der Waals surface area (Å²) in [6.45, 7) is 2.00. The third-order valence-electron chi connectivity index (χ3n) is 5.61. The van der Waals surface area contributed by atoms with Gasteiger partial charge in [0.25, 0.3) is 0 Å². The first kappa shape index (κ1) is 20.9. The molecule has 0 aliphatic carbocycles. The zero-order valence-electron chi connectivity index (χ0n) is 17.5. The SMILES string of the molecule is CCCC(=O)N1C(Cc2ccc(OC)cc2)C(=O)N(C)C1CCc1ccccc1. The molecule has 3 rings (SSSR count). The van der Waals surface area contributed by atoms with Gasteiger partial charge in [-0.05, 0) is 42.5 Å². The second-order valence-electron chi connectivity index (χ2n) is 7.57. The fourth-order valence-electron chi connectivity index (χ4n) is 4.02. The topological polar surface area (TPSA) is 49.9 Å². The summed E-state index contributed by atoms with van der Waals surface area (Å²) in [4.78, 5) is 29.7. The van der Waals surface area contributed by atoms with Gasteiger partial charge in [-0.25, -0.2) is 0 Å². The summed E-state index contributed by atoms with van der Waals surface area (Å²) in [5.74, 6) is 0.855. The molecule has 2 aromatic rings. The first-order valence-corrected chi connectivity index (χ1v) is 10.3. The van der Waals surface area contributed by atoms with E-state index in [0.29, 0.717) is 12.8 Å². The summed E-state index contributed by atoms with van der Waals surface area (Å²) in [5, 5.41) is 0. The zero-order valence-corrected chi connectivity index (χ0v) is 17.5. The smallest absolute Gasteiger partial charge is 0.247 e. The van der Waals surface area contributed by atoms with Crippen LogP contribution in [0.1, 0.15) is 37.3 Å². The van der Waals surface area contributed by atoms with Gasteiger partial charge in [-0.2, -0.15) is 0 Å². The highest BCUT2D eigenvalue weighted by molar-refractivity contribution is 5.91. The first-order chi connectivity index (χ1) is 14.0. The van der Waals surface area contributed by atoms with E-state index in [-0.39, 0.29) is 18.0 Å². The second-order valence-corrected chi connectivity index (χ2v) is 7.57. The van der Waals surface area contributed by atoms with Crippen LogP contribution < -0.4 is 4.74 Å². The first-order valence-electron chi connectivity index (χ1n) is 10.3. The summed E-state index contributed by atoms with van der Waals surface area (Å²) in [7, 11) is 3.45. The Bertz CT molecular complexity index is 820. The lowest BCUT2D eigenvalue weighted by Gasteiger charge is -2.30. The molecule has 5 heteroatoms. The Kier molecular flexibility index (Phi) is 6.91. The molecule has 1 aliphatic heterocycles. The summed E-state index contributed by atoms with van der Waals surface area (Å²) in [5.41, 5.74) is 2.24. The van der Waals surface area contributed by atoms with Gasteiger partial charge in [-0.1, -0.05) is 49.4 Å². The minimum atomic E-state index is -0.451. The van der Waals surface area contributed by atoms with Gasteiger partial charge >= 0.3 is 0 Å². The van der Waals surface area contributed by atoms with Gasteiger partial charge in [0.2, 0.25) is 11.8 Å². The van der Waals surface area contributed by atoms with E-state index in [1.807, 2.05) is 61.3 Å². The number of benzene rings is 2. The molecular weight excluding hydrogens is 364 g/mol. The molecule has 0 spiro atoms. The van der Waals surface area contributed by atoms with Crippen molar-refractivity contribution in [2.24, 2.45) is 0 Å². The van der Waals surface area contributed by atoms with Crippen LogP contribution >= 0.6 is 0 Å². The van der Waals surface area contributed by atoms with E-state index in [2.05, 4.69) is 12.1 Å². The molecule has 1 aliphatic rings. The van der Waals surface area contributed by atoms with Crippen molar-refractivity contribution in [3.8, 4) is 5.75 Å². The maximum atomic E-state index is 13.1. The second kappa shape index (κ2) is 9.59. The molecule has 154 valence electrons. The molecule has 0 aromatic heterocycles. The van der Waals surface area contributed by atoms with Crippen LogP contribution in [-0.2, 0) is 22.4 Å². The molecule has 0 saturated carbocycles. The van der Waals surface area contributed by atoms with Gasteiger partial charge in [0.1, 0.15) is 18.0 Å². The van der Waals surface area contributed by atoms with Crippen molar-refractivity contribution in [3.05, 3.63) is 65.7 Å². The maximum Gasteiger partial charge on any atom is 0.247 e. The number of ether oxygens (including phenoxy) is 1. The Morgan fingerprint density at radius 1 is 1.03 bits per heavy atom. The lowest BCUT2D eigenvalue weighted by molar-refractivity contribution is -0.136. The summed E-state index contributed by atoms with van der Waals surface area (Å²) < 4.78 is 5.22. The van der Waals surface area contributed by atoms with Crippen molar-refractivity contribution in [3.63, 3.8) is 0 Å². The normalized spacial score (nSPS) is 18.9. The lowest BCUT2D eigenvalue weighted by Crippen LogP contribution is -2.45. The quantitative estimate of drug-likeness (QED) is 0.686. The third kappa shape index (κ3) is 4.78. The Morgan fingerprint density at radius 2 is 1.72 bits per heavy atom. The molecule has 1 saturated heterocycles. The maximum absolute atomic E-state index is 13.1. The van der Waals surface area contributed by atoms with Crippen LogP contribution in [0.2, 0.25) is 0 Å². The minimum Gasteiger partial charge on any atom is -0.497 e. The Hall–Kier alpha value is -2.82. The molecule has 2 amide bonds. The highest BCUT2D eigenvalue weighted by atomic mass is 16.5. The molecule has 29 heavy (non-hydrogen) atoms. The van der Waals surface area contributed by atoms with E-state index in [1.54, 1.807) is 12.0 Å². The number of carbonyl (C=O) groups excluding carboxylic acids is 2. The van der Waals surface area contributed by atoms with Crippen molar-refractivity contribution in [1.29, 1.82) is 0 Å².